The summed E-state index contributed by atoms with van der Waals surface area (Å²) in [4.78, 5) is 35.3. The van der Waals surface area contributed by atoms with Crippen molar-refractivity contribution in [3.8, 4) is 11.5 Å². The van der Waals surface area contributed by atoms with Gasteiger partial charge in [-0.05, 0) is 32.4 Å². The molecular formula is C20H24N2O6. The second kappa shape index (κ2) is 9.16. The average Bonchev–Trinajstić information content (AvgIpc) is 2.62. The van der Waals surface area contributed by atoms with Crippen LogP contribution >= 0.6 is 0 Å². The van der Waals surface area contributed by atoms with Gasteiger partial charge in [-0.1, -0.05) is 18.9 Å². The molecule has 0 unspecified atom stereocenters. The van der Waals surface area contributed by atoms with Gasteiger partial charge in [-0.2, -0.15) is 0 Å². The third-order valence-corrected chi connectivity index (χ3v) is 4.07. The number of hydrogen-bond acceptors (Lipinski definition) is 6. The summed E-state index contributed by atoms with van der Waals surface area (Å²) in [5, 5.41) is 11.7. The maximum atomic E-state index is 13.0. The van der Waals surface area contributed by atoms with Gasteiger partial charge in [-0.25, -0.2) is 0 Å². The average molecular weight is 388 g/mol. The van der Waals surface area contributed by atoms with Crippen molar-refractivity contribution in [3.05, 3.63) is 50.3 Å². The summed E-state index contributed by atoms with van der Waals surface area (Å²) in [6.07, 6.45) is 3.33. The maximum absolute atomic E-state index is 13.0. The first-order valence-electron chi connectivity index (χ1n) is 9.05. The molecule has 0 radical (unpaired) electrons. The SMILES string of the molecule is CCCCn1c(=O)c(OC(C)=O)c(OCC=C(C)C)c2ccc([N+](=O)[O-])cc21. The molecule has 8 nitrogen and oxygen atoms in total. The Morgan fingerprint density at radius 2 is 1.96 bits per heavy atom. The number of allylic oxidation sites excluding steroid dienone is 1. The molecular weight excluding hydrogens is 364 g/mol. The minimum Gasteiger partial charge on any atom is -0.485 e. The highest BCUT2D eigenvalue weighted by Crippen LogP contribution is 2.35. The van der Waals surface area contributed by atoms with Gasteiger partial charge < -0.3 is 14.0 Å². The maximum Gasteiger partial charge on any atom is 0.308 e. The molecule has 1 heterocycles. The molecule has 28 heavy (non-hydrogen) atoms. The van der Waals surface area contributed by atoms with Crippen molar-refractivity contribution in [1.29, 1.82) is 0 Å². The highest BCUT2D eigenvalue weighted by molar-refractivity contribution is 5.90. The van der Waals surface area contributed by atoms with Crippen molar-refractivity contribution < 1.29 is 19.2 Å². The molecule has 2 aromatic rings. The number of benzene rings is 1. The summed E-state index contributed by atoms with van der Waals surface area (Å²) in [6, 6.07) is 4.19. The van der Waals surface area contributed by atoms with Crippen LogP contribution in [-0.4, -0.2) is 22.1 Å². The van der Waals surface area contributed by atoms with Crippen LogP contribution in [0.2, 0.25) is 0 Å². The number of pyridine rings is 1. The Morgan fingerprint density at radius 1 is 1.25 bits per heavy atom. The molecule has 8 heteroatoms. The minimum atomic E-state index is -0.646. The number of esters is 1. The van der Waals surface area contributed by atoms with E-state index in [2.05, 4.69) is 0 Å². The van der Waals surface area contributed by atoms with Gasteiger partial charge in [0.25, 0.3) is 11.2 Å². The largest absolute Gasteiger partial charge is 0.485 e. The number of unbranched alkanes of at least 4 members (excludes halogenated alkanes) is 1. The van der Waals surface area contributed by atoms with Gasteiger partial charge in [-0.15, -0.1) is 0 Å². The zero-order valence-electron chi connectivity index (χ0n) is 16.5. The van der Waals surface area contributed by atoms with E-state index in [0.717, 1.165) is 12.0 Å². The number of fused-ring (bicyclic) bond motifs is 1. The van der Waals surface area contributed by atoms with Crippen LogP contribution < -0.4 is 15.0 Å². The molecule has 0 aliphatic heterocycles. The molecule has 0 saturated carbocycles. The lowest BCUT2D eigenvalue weighted by atomic mass is 10.1. The molecule has 0 atom stereocenters. The van der Waals surface area contributed by atoms with E-state index < -0.39 is 16.5 Å². The lowest BCUT2D eigenvalue weighted by molar-refractivity contribution is -0.384. The van der Waals surface area contributed by atoms with E-state index >= 15 is 0 Å². The third kappa shape index (κ3) is 4.76. The van der Waals surface area contributed by atoms with Crippen LogP contribution in [0.3, 0.4) is 0 Å². The van der Waals surface area contributed by atoms with E-state index in [1.165, 1.54) is 29.7 Å². The summed E-state index contributed by atoms with van der Waals surface area (Å²) in [7, 11) is 0. The first kappa shape index (κ1) is 21.1. The molecule has 2 rings (SSSR count). The van der Waals surface area contributed by atoms with Gasteiger partial charge in [0.1, 0.15) is 6.61 Å². The van der Waals surface area contributed by atoms with Crippen LogP contribution in [0.15, 0.2) is 34.6 Å². The number of nitrogens with zero attached hydrogens (tertiary/aromatic N) is 2. The number of ether oxygens (including phenoxy) is 2. The molecule has 0 fully saturated rings. The van der Waals surface area contributed by atoms with Crippen LogP contribution in [0.5, 0.6) is 11.5 Å². The number of aromatic nitrogens is 1. The smallest absolute Gasteiger partial charge is 0.308 e. The monoisotopic (exact) mass is 388 g/mol. The molecule has 0 N–H and O–H groups in total. The fraction of sp³-hybridized carbons (Fsp3) is 0.400. The molecule has 0 saturated heterocycles. The molecule has 0 spiro atoms. The van der Waals surface area contributed by atoms with Gasteiger partial charge in [0, 0.05) is 31.0 Å². The van der Waals surface area contributed by atoms with Gasteiger partial charge in [0.2, 0.25) is 5.75 Å². The van der Waals surface area contributed by atoms with Crippen LogP contribution in [0.1, 0.15) is 40.5 Å². The Bertz CT molecular complexity index is 986. The van der Waals surface area contributed by atoms with Crippen LogP contribution in [0.25, 0.3) is 10.9 Å². The summed E-state index contributed by atoms with van der Waals surface area (Å²) in [5.74, 6) is -0.741. The Labute approximate surface area is 162 Å². The Morgan fingerprint density at radius 3 is 2.54 bits per heavy atom. The number of aryl methyl sites for hydroxylation is 1. The molecule has 0 amide bonds. The highest BCUT2D eigenvalue weighted by atomic mass is 16.6. The minimum absolute atomic E-state index is 0.107. The van der Waals surface area contributed by atoms with Crippen molar-refractivity contribution >= 4 is 22.6 Å². The number of nitro groups is 1. The third-order valence-electron chi connectivity index (χ3n) is 4.07. The van der Waals surface area contributed by atoms with Gasteiger partial charge in [-0.3, -0.25) is 19.7 Å². The number of non-ortho nitro benzene ring substituents is 1. The molecule has 0 bridgehead atoms. The Hall–Kier alpha value is -3.16. The van der Waals surface area contributed by atoms with E-state index in [-0.39, 0.29) is 23.8 Å². The van der Waals surface area contributed by atoms with Crippen molar-refractivity contribution in [1.82, 2.24) is 4.57 Å². The van der Waals surface area contributed by atoms with Gasteiger partial charge in [0.05, 0.1) is 10.4 Å². The number of rotatable bonds is 8. The molecule has 150 valence electrons. The number of nitro benzene ring substituents is 1. The predicted octanol–water partition coefficient (Wildman–Crippen LogP) is 3.98. The number of carbonyl (C=O) groups is 1. The molecule has 1 aromatic heterocycles. The van der Waals surface area contributed by atoms with E-state index in [0.29, 0.717) is 23.9 Å². The fourth-order valence-electron chi connectivity index (χ4n) is 2.71. The van der Waals surface area contributed by atoms with Crippen molar-refractivity contribution in [3.63, 3.8) is 0 Å². The summed E-state index contributed by atoms with van der Waals surface area (Å²) < 4.78 is 12.4. The van der Waals surface area contributed by atoms with E-state index in [1.54, 1.807) is 0 Å². The molecule has 1 aromatic carbocycles. The second-order valence-corrected chi connectivity index (χ2v) is 6.61. The lowest BCUT2D eigenvalue weighted by Crippen LogP contribution is -2.25. The standard InChI is InChI=1S/C20H24N2O6/c1-5-6-10-21-17-12-15(22(25)26)7-8-16(17)18(27-11-9-13(2)3)19(20(21)24)28-14(4)23/h7-9,12H,5-6,10-11H2,1-4H3. The van der Waals surface area contributed by atoms with Gasteiger partial charge in [0.15, 0.2) is 5.75 Å². The highest BCUT2D eigenvalue weighted by Gasteiger charge is 2.22. The summed E-state index contributed by atoms with van der Waals surface area (Å²) in [5.41, 5.74) is 0.706. The van der Waals surface area contributed by atoms with Crippen LogP contribution in [0.4, 0.5) is 5.69 Å². The van der Waals surface area contributed by atoms with Crippen molar-refractivity contribution in [2.45, 2.75) is 47.1 Å². The zero-order valence-corrected chi connectivity index (χ0v) is 16.5. The Balaban J connectivity index is 2.80. The second-order valence-electron chi connectivity index (χ2n) is 6.61. The number of hydrogen-bond donors (Lipinski definition) is 0. The normalized spacial score (nSPS) is 10.6. The van der Waals surface area contributed by atoms with Crippen molar-refractivity contribution in [2.24, 2.45) is 0 Å². The fourth-order valence-corrected chi connectivity index (χ4v) is 2.71. The van der Waals surface area contributed by atoms with Gasteiger partial charge >= 0.3 is 5.97 Å². The summed E-state index contributed by atoms with van der Waals surface area (Å²) in [6.45, 7) is 7.49. The molecule has 0 aliphatic rings. The van der Waals surface area contributed by atoms with Crippen molar-refractivity contribution in [2.75, 3.05) is 6.61 Å². The lowest BCUT2D eigenvalue weighted by Gasteiger charge is -2.17. The summed E-state index contributed by atoms with van der Waals surface area (Å²) >= 11 is 0. The van der Waals surface area contributed by atoms with E-state index in [1.807, 2.05) is 26.8 Å². The quantitative estimate of drug-likeness (QED) is 0.293. The first-order valence-corrected chi connectivity index (χ1v) is 9.05. The Kier molecular flexibility index (Phi) is 6.92. The van der Waals surface area contributed by atoms with Crippen LogP contribution in [-0.2, 0) is 11.3 Å². The number of carbonyl (C=O) groups excluding carboxylic acids is 1. The van der Waals surface area contributed by atoms with E-state index in [4.69, 9.17) is 9.47 Å². The van der Waals surface area contributed by atoms with E-state index in [9.17, 15) is 19.7 Å². The zero-order chi connectivity index (χ0) is 20.8. The first-order chi connectivity index (χ1) is 13.3. The topological polar surface area (TPSA) is 101 Å². The van der Waals surface area contributed by atoms with Crippen LogP contribution in [0, 0.1) is 10.1 Å². The predicted molar refractivity (Wildman–Crippen MR) is 106 cm³/mol. The molecule has 0 aliphatic carbocycles.